The summed E-state index contributed by atoms with van der Waals surface area (Å²) in [5, 5.41) is 8.55. The lowest BCUT2D eigenvalue weighted by molar-refractivity contribution is 0.0745. The summed E-state index contributed by atoms with van der Waals surface area (Å²) >= 11 is 0. The van der Waals surface area contributed by atoms with E-state index in [2.05, 4.69) is 29.2 Å². The molecule has 1 N–H and O–H groups in total. The van der Waals surface area contributed by atoms with Crippen molar-refractivity contribution in [1.29, 1.82) is 0 Å². The summed E-state index contributed by atoms with van der Waals surface area (Å²) in [5.74, 6) is 0.0486. The smallest absolute Gasteiger partial charge is 0.254 e. The SMILES string of the molecule is Cc1cc(C(=O)N(C)C2CCNC2)c2cnn(C(C)C)c2n1. The highest BCUT2D eigenvalue weighted by atomic mass is 16.2. The Morgan fingerprint density at radius 2 is 2.27 bits per heavy atom. The minimum Gasteiger partial charge on any atom is -0.337 e. The molecule has 0 bridgehead atoms. The zero-order valence-electron chi connectivity index (χ0n) is 13.6. The Morgan fingerprint density at radius 3 is 2.91 bits per heavy atom. The lowest BCUT2D eigenvalue weighted by Gasteiger charge is -2.24. The van der Waals surface area contributed by atoms with E-state index in [1.807, 2.05) is 29.6 Å². The molecule has 3 heterocycles. The molecule has 1 aliphatic heterocycles. The van der Waals surface area contributed by atoms with Gasteiger partial charge in [-0.15, -0.1) is 0 Å². The molecule has 0 saturated carbocycles. The number of pyridine rings is 1. The molecule has 1 amide bonds. The van der Waals surface area contributed by atoms with Gasteiger partial charge >= 0.3 is 0 Å². The number of carbonyl (C=O) groups is 1. The van der Waals surface area contributed by atoms with Crippen molar-refractivity contribution >= 4 is 16.9 Å². The number of rotatable bonds is 3. The van der Waals surface area contributed by atoms with Crippen molar-refractivity contribution in [3.05, 3.63) is 23.5 Å². The highest BCUT2D eigenvalue weighted by Gasteiger charge is 2.26. The van der Waals surface area contributed by atoms with Crippen molar-refractivity contribution in [2.24, 2.45) is 0 Å². The van der Waals surface area contributed by atoms with Crippen molar-refractivity contribution in [2.75, 3.05) is 20.1 Å². The summed E-state index contributed by atoms with van der Waals surface area (Å²) in [7, 11) is 1.88. The van der Waals surface area contributed by atoms with Crippen LogP contribution in [0.15, 0.2) is 12.3 Å². The van der Waals surface area contributed by atoms with Crippen molar-refractivity contribution in [2.45, 2.75) is 39.3 Å². The Balaban J connectivity index is 2.04. The summed E-state index contributed by atoms with van der Waals surface area (Å²) < 4.78 is 1.87. The van der Waals surface area contributed by atoms with Gasteiger partial charge in [0.25, 0.3) is 5.91 Å². The van der Waals surface area contributed by atoms with E-state index in [4.69, 9.17) is 0 Å². The summed E-state index contributed by atoms with van der Waals surface area (Å²) in [6, 6.07) is 2.35. The fourth-order valence-electron chi connectivity index (χ4n) is 3.02. The molecule has 1 unspecified atom stereocenters. The van der Waals surface area contributed by atoms with Gasteiger partial charge in [0.2, 0.25) is 0 Å². The van der Waals surface area contributed by atoms with Gasteiger partial charge in [-0.25, -0.2) is 9.67 Å². The van der Waals surface area contributed by atoms with Crippen LogP contribution in [-0.4, -0.2) is 51.8 Å². The molecule has 1 aliphatic rings. The third-order valence-electron chi connectivity index (χ3n) is 4.32. The molecule has 6 nitrogen and oxygen atoms in total. The minimum absolute atomic E-state index is 0.0486. The Bertz CT molecular complexity index is 700. The predicted molar refractivity (Wildman–Crippen MR) is 86.0 cm³/mol. The molecule has 1 fully saturated rings. The monoisotopic (exact) mass is 301 g/mol. The molecule has 22 heavy (non-hydrogen) atoms. The van der Waals surface area contributed by atoms with E-state index in [1.165, 1.54) is 0 Å². The zero-order valence-corrected chi connectivity index (χ0v) is 13.6. The standard InChI is InChI=1S/C16H23N5O/c1-10(2)21-15-14(9-18-21)13(7-11(3)19-15)16(22)20(4)12-5-6-17-8-12/h7,9-10,12,17H,5-6,8H2,1-4H3. The Kier molecular flexibility index (Phi) is 3.87. The van der Waals surface area contributed by atoms with E-state index in [0.29, 0.717) is 5.56 Å². The summed E-state index contributed by atoms with van der Waals surface area (Å²) in [5.41, 5.74) is 2.33. The molecule has 2 aromatic heterocycles. The summed E-state index contributed by atoms with van der Waals surface area (Å²) in [4.78, 5) is 19.3. The van der Waals surface area contributed by atoms with Crippen molar-refractivity contribution in [1.82, 2.24) is 25.0 Å². The molecule has 118 valence electrons. The van der Waals surface area contributed by atoms with Crippen molar-refractivity contribution in [3.63, 3.8) is 0 Å². The molecule has 3 rings (SSSR count). The molecule has 2 aromatic rings. The second-order valence-corrected chi connectivity index (χ2v) is 6.29. The lowest BCUT2D eigenvalue weighted by atomic mass is 10.1. The average molecular weight is 301 g/mol. The number of hydrogen-bond donors (Lipinski definition) is 1. The number of fused-ring (bicyclic) bond motifs is 1. The first-order chi connectivity index (χ1) is 10.5. The van der Waals surface area contributed by atoms with Crippen molar-refractivity contribution in [3.8, 4) is 0 Å². The molecule has 0 spiro atoms. The molecule has 1 atom stereocenters. The largest absolute Gasteiger partial charge is 0.337 e. The highest BCUT2D eigenvalue weighted by Crippen LogP contribution is 2.23. The van der Waals surface area contributed by atoms with Gasteiger partial charge in [0, 0.05) is 31.4 Å². The number of nitrogens with zero attached hydrogens (tertiary/aromatic N) is 4. The van der Waals surface area contributed by atoms with Gasteiger partial charge in [-0.2, -0.15) is 5.10 Å². The number of carbonyl (C=O) groups excluding carboxylic acids is 1. The van der Waals surface area contributed by atoms with Gasteiger partial charge in [0.1, 0.15) is 0 Å². The third-order valence-corrected chi connectivity index (χ3v) is 4.32. The normalized spacial score (nSPS) is 18.3. The van der Waals surface area contributed by atoms with E-state index in [1.54, 1.807) is 6.20 Å². The first-order valence-corrected chi connectivity index (χ1v) is 7.81. The van der Waals surface area contributed by atoms with Crippen LogP contribution in [0.3, 0.4) is 0 Å². The quantitative estimate of drug-likeness (QED) is 0.938. The maximum absolute atomic E-state index is 12.9. The summed E-state index contributed by atoms with van der Waals surface area (Å²) in [6.45, 7) is 7.88. The van der Waals surface area contributed by atoms with E-state index in [-0.39, 0.29) is 18.0 Å². The first kappa shape index (κ1) is 15.0. The second kappa shape index (κ2) is 5.68. The van der Waals surface area contributed by atoms with E-state index in [0.717, 1.165) is 36.2 Å². The van der Waals surface area contributed by atoms with Crippen LogP contribution >= 0.6 is 0 Å². The topological polar surface area (TPSA) is 63.1 Å². The van der Waals surface area contributed by atoms with Gasteiger partial charge in [-0.1, -0.05) is 0 Å². The van der Waals surface area contributed by atoms with Crippen LogP contribution in [0.2, 0.25) is 0 Å². The number of amides is 1. The molecule has 0 radical (unpaired) electrons. The fraction of sp³-hybridized carbons (Fsp3) is 0.562. The summed E-state index contributed by atoms with van der Waals surface area (Å²) in [6.07, 6.45) is 2.76. The van der Waals surface area contributed by atoms with E-state index in [9.17, 15) is 4.79 Å². The van der Waals surface area contributed by atoms with Crippen LogP contribution in [0.4, 0.5) is 0 Å². The number of likely N-dealkylation sites (N-methyl/N-ethyl adjacent to an activating group) is 1. The average Bonchev–Trinajstić information content (AvgIpc) is 3.13. The molecular weight excluding hydrogens is 278 g/mol. The number of aryl methyl sites for hydroxylation is 1. The number of aromatic nitrogens is 3. The molecule has 0 aromatic carbocycles. The molecule has 0 aliphatic carbocycles. The van der Waals surface area contributed by atoms with E-state index >= 15 is 0 Å². The fourth-order valence-corrected chi connectivity index (χ4v) is 3.02. The van der Waals surface area contributed by atoms with Gasteiger partial charge in [-0.05, 0) is 39.8 Å². The predicted octanol–water partition coefficient (Wildman–Crippen LogP) is 1.75. The van der Waals surface area contributed by atoms with Crippen LogP contribution in [0.5, 0.6) is 0 Å². The lowest BCUT2D eigenvalue weighted by Crippen LogP contribution is -2.38. The van der Waals surface area contributed by atoms with Crippen LogP contribution in [0, 0.1) is 6.92 Å². The second-order valence-electron chi connectivity index (χ2n) is 6.29. The van der Waals surface area contributed by atoms with Gasteiger partial charge in [0.15, 0.2) is 5.65 Å². The van der Waals surface area contributed by atoms with E-state index < -0.39 is 0 Å². The first-order valence-electron chi connectivity index (χ1n) is 7.81. The van der Waals surface area contributed by atoms with Crippen LogP contribution in [0.1, 0.15) is 42.4 Å². The number of hydrogen-bond acceptors (Lipinski definition) is 4. The minimum atomic E-state index is 0.0486. The Hall–Kier alpha value is -1.95. The van der Waals surface area contributed by atoms with Gasteiger partial charge < -0.3 is 10.2 Å². The molecule has 1 saturated heterocycles. The van der Waals surface area contributed by atoms with Crippen LogP contribution < -0.4 is 5.32 Å². The molecular formula is C16H23N5O. The maximum Gasteiger partial charge on any atom is 0.254 e. The number of nitrogens with one attached hydrogen (secondary N) is 1. The molecule has 6 heteroatoms. The van der Waals surface area contributed by atoms with Crippen molar-refractivity contribution < 1.29 is 4.79 Å². The Morgan fingerprint density at radius 1 is 1.50 bits per heavy atom. The Labute approximate surface area is 130 Å². The zero-order chi connectivity index (χ0) is 15.9. The van der Waals surface area contributed by atoms with Crippen LogP contribution in [0.25, 0.3) is 11.0 Å². The maximum atomic E-state index is 12.9. The third kappa shape index (κ3) is 2.47. The highest BCUT2D eigenvalue weighted by molar-refractivity contribution is 6.05. The van der Waals surface area contributed by atoms with Gasteiger partial charge in [0.05, 0.1) is 17.1 Å². The van der Waals surface area contributed by atoms with Crippen LogP contribution in [-0.2, 0) is 0 Å². The van der Waals surface area contributed by atoms with Gasteiger partial charge in [-0.3, -0.25) is 4.79 Å².